The van der Waals surface area contributed by atoms with Gasteiger partial charge in [-0.15, -0.1) is 0 Å². The molecule has 2 atom stereocenters. The number of anilines is 1. The summed E-state index contributed by atoms with van der Waals surface area (Å²) >= 11 is 11.5. The van der Waals surface area contributed by atoms with Crippen LogP contribution >= 0.6 is 31.0 Å². The number of nitrogens with one attached hydrogen (secondary N) is 2. The molecule has 14 nitrogen and oxygen atoms in total. The Morgan fingerprint density at radius 3 is 1.47 bits per heavy atom. The predicted molar refractivity (Wildman–Crippen MR) is 253 cm³/mol. The van der Waals surface area contributed by atoms with Crippen LogP contribution in [-0.2, 0) is 37.5 Å². The maximum Gasteiger partial charge on any atom is 1.00 e. The Morgan fingerprint density at radius 2 is 0.984 bits per heavy atom. The summed E-state index contributed by atoms with van der Waals surface area (Å²) in [5.74, 6) is -0.850. The summed E-state index contributed by atoms with van der Waals surface area (Å²) in [6.07, 6.45) is 32.8. The number of phosphoric acid groups is 1. The van der Waals surface area contributed by atoms with Crippen LogP contribution < -0.4 is 40.2 Å². The van der Waals surface area contributed by atoms with Crippen molar-refractivity contribution in [2.75, 3.05) is 38.2 Å². The molecule has 1 rings (SSSR count). The minimum atomic E-state index is -4.58. The molecule has 2 unspecified atom stereocenters. The number of hydrogen-bond donors (Lipinski definition) is 3. The summed E-state index contributed by atoms with van der Waals surface area (Å²) in [5, 5.41) is 5.64. The SMILES string of the molecule is CCCCCCCCCCCCCCCC(=O)OCC(COP(=O)(O)OCCNC(=O)CCCCCNc1nc(Cl)nc(Cl)n1)OC(=O)CCCCCCCCCCCCCCC.[Na+]. The van der Waals surface area contributed by atoms with Crippen molar-refractivity contribution in [2.24, 2.45) is 0 Å². The second-order valence-electron chi connectivity index (χ2n) is 16.7. The number of amides is 1. The summed E-state index contributed by atoms with van der Waals surface area (Å²) in [7, 11) is -4.58. The first-order chi connectivity index (χ1) is 30.5. The number of aromatic nitrogens is 3. The molecule has 0 aromatic carbocycles. The van der Waals surface area contributed by atoms with E-state index in [0.29, 0.717) is 25.8 Å². The first-order valence-corrected chi connectivity index (χ1v) is 26.8. The predicted octanol–water partition coefficient (Wildman–Crippen LogP) is 9.82. The zero-order valence-corrected chi connectivity index (χ0v) is 44.4. The Labute approximate surface area is 418 Å². The minimum Gasteiger partial charge on any atom is -0.462 e. The fourth-order valence-electron chi connectivity index (χ4n) is 7.04. The smallest absolute Gasteiger partial charge is 0.462 e. The van der Waals surface area contributed by atoms with Gasteiger partial charge in [0, 0.05) is 32.4 Å². The Morgan fingerprint density at radius 1 is 0.562 bits per heavy atom. The van der Waals surface area contributed by atoms with Crippen molar-refractivity contribution in [3.05, 3.63) is 10.6 Å². The topological polar surface area (TPSA) is 188 Å². The summed E-state index contributed by atoms with van der Waals surface area (Å²) in [6, 6.07) is 0. The molecule has 1 aromatic rings. The molecule has 0 aliphatic heterocycles. The summed E-state index contributed by atoms with van der Waals surface area (Å²) in [5.41, 5.74) is 0. The first-order valence-electron chi connectivity index (χ1n) is 24.6. The number of carbonyl (C=O) groups is 3. The zero-order chi connectivity index (χ0) is 46.1. The van der Waals surface area contributed by atoms with Gasteiger partial charge in [0.15, 0.2) is 6.10 Å². The van der Waals surface area contributed by atoms with E-state index in [2.05, 4.69) is 39.4 Å². The number of phosphoric ester groups is 1. The molecule has 0 radical (unpaired) electrons. The van der Waals surface area contributed by atoms with E-state index in [1.54, 1.807) is 0 Å². The third kappa shape index (κ3) is 41.1. The number of ether oxygens (including phenoxy) is 2. The fourth-order valence-corrected chi connectivity index (χ4v) is 8.15. The number of halogens is 2. The maximum absolute atomic E-state index is 12.8. The molecule has 18 heteroatoms. The molecule has 1 heterocycles. The van der Waals surface area contributed by atoms with Crippen molar-refractivity contribution in [3.63, 3.8) is 0 Å². The summed E-state index contributed by atoms with van der Waals surface area (Å²) in [6.45, 7) is 3.95. The maximum atomic E-state index is 12.8. The number of unbranched alkanes of at least 4 members (excludes halogenated alkanes) is 26. The van der Waals surface area contributed by atoms with E-state index in [4.69, 9.17) is 41.7 Å². The fraction of sp³-hybridized carbons (Fsp3) is 0.870. The van der Waals surface area contributed by atoms with E-state index >= 15 is 0 Å². The normalized spacial score (nSPS) is 12.6. The van der Waals surface area contributed by atoms with Crippen molar-refractivity contribution >= 4 is 54.8 Å². The van der Waals surface area contributed by atoms with E-state index in [1.807, 2.05) is 0 Å². The number of hydrogen-bond acceptors (Lipinski definition) is 12. The van der Waals surface area contributed by atoms with E-state index < -0.39 is 32.5 Å². The second-order valence-corrected chi connectivity index (χ2v) is 18.8. The van der Waals surface area contributed by atoms with E-state index in [0.717, 1.165) is 51.4 Å². The van der Waals surface area contributed by atoms with Gasteiger partial charge in [0.1, 0.15) is 6.61 Å². The number of carbonyl (C=O) groups excluding carboxylic acids is 3. The molecule has 0 fully saturated rings. The van der Waals surface area contributed by atoms with Gasteiger partial charge in [0.05, 0.1) is 13.2 Å². The van der Waals surface area contributed by atoms with Gasteiger partial charge in [0.2, 0.25) is 22.4 Å². The van der Waals surface area contributed by atoms with Crippen LogP contribution in [0, 0.1) is 0 Å². The van der Waals surface area contributed by atoms with Crippen LogP contribution in [0.1, 0.15) is 219 Å². The van der Waals surface area contributed by atoms with Gasteiger partial charge >= 0.3 is 49.3 Å². The number of nitrogens with zero attached hydrogens (tertiary/aromatic N) is 3. The molecule has 0 saturated carbocycles. The molecule has 0 saturated heterocycles. The molecule has 0 bridgehead atoms. The van der Waals surface area contributed by atoms with Crippen LogP contribution in [0.2, 0.25) is 10.6 Å². The van der Waals surface area contributed by atoms with E-state index in [-0.39, 0.29) is 91.0 Å². The van der Waals surface area contributed by atoms with Crippen LogP contribution in [0.15, 0.2) is 0 Å². The standard InChI is InChI=1S/C46H84Cl2N5O9P.Na/c1-3-5-7-9-11-13-15-17-19-21-23-25-29-33-42(55)59-38-40(62-43(56)34-30-26-24-22-20-18-16-14-12-10-8-6-4-2)39-61-63(57,58)60-37-36-49-41(54)32-28-27-31-35-50-46-52-44(47)51-45(48)53-46;/h40H,3-39H2,1-2H3,(H,49,54)(H,57,58)(H,50,51,52,53);/q;+1. The van der Waals surface area contributed by atoms with Crippen LogP contribution in [0.3, 0.4) is 0 Å². The van der Waals surface area contributed by atoms with Gasteiger partial charge in [0.25, 0.3) is 0 Å². The van der Waals surface area contributed by atoms with Crippen LogP contribution in [0.5, 0.6) is 0 Å². The molecule has 0 aliphatic rings. The molecule has 1 aromatic heterocycles. The van der Waals surface area contributed by atoms with Gasteiger partial charge in [-0.05, 0) is 48.9 Å². The molecule has 0 spiro atoms. The number of esters is 2. The Kier molecular flexibility index (Phi) is 43.7. The van der Waals surface area contributed by atoms with Crippen LogP contribution in [-0.4, -0.2) is 76.7 Å². The Balaban J connectivity index is 0.0000397. The molecule has 0 aliphatic carbocycles. The summed E-state index contributed by atoms with van der Waals surface area (Å²) < 4.78 is 33.9. The average Bonchev–Trinajstić information content (AvgIpc) is 3.24. The van der Waals surface area contributed by atoms with E-state index in [9.17, 15) is 23.8 Å². The quantitative estimate of drug-likeness (QED) is 0.0243. The molecule has 64 heavy (non-hydrogen) atoms. The zero-order valence-electron chi connectivity index (χ0n) is 40.0. The monoisotopic (exact) mass is 975 g/mol. The molecule has 366 valence electrons. The average molecular weight is 976 g/mol. The van der Waals surface area contributed by atoms with Crippen molar-refractivity contribution in [2.45, 2.75) is 225 Å². The van der Waals surface area contributed by atoms with Gasteiger partial charge in [-0.3, -0.25) is 23.4 Å². The van der Waals surface area contributed by atoms with Crippen LogP contribution in [0.25, 0.3) is 0 Å². The third-order valence-electron chi connectivity index (χ3n) is 10.7. The summed E-state index contributed by atoms with van der Waals surface area (Å²) in [4.78, 5) is 59.5. The van der Waals surface area contributed by atoms with E-state index in [1.165, 1.54) is 116 Å². The van der Waals surface area contributed by atoms with Crippen molar-refractivity contribution < 1.29 is 71.9 Å². The Bertz CT molecular complexity index is 1340. The third-order valence-corrected chi connectivity index (χ3v) is 12.1. The van der Waals surface area contributed by atoms with Crippen molar-refractivity contribution in [1.29, 1.82) is 0 Å². The molecule has 3 N–H and O–H groups in total. The van der Waals surface area contributed by atoms with Crippen molar-refractivity contribution in [1.82, 2.24) is 20.3 Å². The number of rotatable bonds is 45. The van der Waals surface area contributed by atoms with Crippen molar-refractivity contribution in [3.8, 4) is 0 Å². The largest absolute Gasteiger partial charge is 1.00 e. The molecule has 1 amide bonds. The second kappa shape index (κ2) is 44.4. The van der Waals surface area contributed by atoms with Crippen LogP contribution in [0.4, 0.5) is 5.95 Å². The van der Waals surface area contributed by atoms with Gasteiger partial charge in [-0.2, -0.15) is 15.0 Å². The Hall–Kier alpha value is -1.09. The first kappa shape index (κ1) is 62.9. The molecular formula is C46H84Cl2N5NaO9P+. The van der Waals surface area contributed by atoms with Gasteiger partial charge in [-0.25, -0.2) is 4.57 Å². The molecular weight excluding hydrogens is 891 g/mol. The minimum absolute atomic E-state index is 0. The van der Waals surface area contributed by atoms with Gasteiger partial charge < -0.3 is 25.0 Å². The van der Waals surface area contributed by atoms with Gasteiger partial charge in [-0.1, -0.05) is 174 Å².